The van der Waals surface area contributed by atoms with Gasteiger partial charge in [-0.15, -0.1) is 0 Å². The maximum absolute atomic E-state index is 13.1. The predicted octanol–water partition coefficient (Wildman–Crippen LogP) is 4.07. The Morgan fingerprint density at radius 3 is 2.53 bits per heavy atom. The summed E-state index contributed by atoms with van der Waals surface area (Å²) in [6.45, 7) is 7.14. The number of halogens is 3. The van der Waals surface area contributed by atoms with E-state index in [2.05, 4.69) is 25.9 Å². The van der Waals surface area contributed by atoms with Crippen LogP contribution >= 0.6 is 0 Å². The smallest absolute Gasteiger partial charge is 0.416 e. The van der Waals surface area contributed by atoms with E-state index < -0.39 is 35.3 Å². The van der Waals surface area contributed by atoms with Gasteiger partial charge in [-0.1, -0.05) is 6.07 Å². The molecule has 0 fully saturated rings. The highest BCUT2D eigenvalue weighted by atomic mass is 19.4. The molecule has 14 heteroatoms. The van der Waals surface area contributed by atoms with Crippen molar-refractivity contribution in [3.05, 3.63) is 35.4 Å². The van der Waals surface area contributed by atoms with Crippen molar-refractivity contribution in [1.82, 2.24) is 15.3 Å². The number of carbonyl (C=O) groups excluding carboxylic acids is 2. The highest BCUT2D eigenvalue weighted by Crippen LogP contribution is 2.31. The van der Waals surface area contributed by atoms with Gasteiger partial charge in [0.15, 0.2) is 11.4 Å². The molecule has 5 N–H and O–H groups in total. The number of nitrogens with two attached hydrogens (primary N) is 1. The topological polar surface area (TPSA) is 164 Å². The molecule has 0 radical (unpaired) electrons. The van der Waals surface area contributed by atoms with Crippen LogP contribution in [0.5, 0.6) is 5.88 Å². The normalized spacial score (nSPS) is 12.2. The van der Waals surface area contributed by atoms with Crippen LogP contribution in [0.4, 0.5) is 35.4 Å². The highest BCUT2D eigenvalue weighted by molar-refractivity contribution is 5.96. The fraction of sp³-hybridized carbons (Fsp3) is 0.458. The quantitative estimate of drug-likeness (QED) is 0.327. The van der Waals surface area contributed by atoms with Gasteiger partial charge in [0.1, 0.15) is 12.1 Å². The van der Waals surface area contributed by atoms with Crippen molar-refractivity contribution in [2.24, 2.45) is 0 Å². The van der Waals surface area contributed by atoms with Crippen molar-refractivity contribution in [3.63, 3.8) is 0 Å². The summed E-state index contributed by atoms with van der Waals surface area (Å²) in [4.78, 5) is 32.9. The Bertz CT molecular complexity index is 1180. The summed E-state index contributed by atoms with van der Waals surface area (Å²) in [6.07, 6.45) is -5.01. The monoisotopic (exact) mass is 537 g/mol. The molecule has 0 saturated heterocycles. The first-order valence-corrected chi connectivity index (χ1v) is 11.6. The molecule has 2 amide bonds. The Hall–Kier alpha value is -4.28. The van der Waals surface area contributed by atoms with Crippen molar-refractivity contribution < 1.29 is 32.2 Å². The van der Waals surface area contributed by atoms with Gasteiger partial charge < -0.3 is 31.2 Å². The van der Waals surface area contributed by atoms with Crippen LogP contribution < -0.4 is 26.4 Å². The standard InChI is InChI=1S/C24H30F3N7O4/c1-5-37-20-16(13-28)18(32-21(29)33-20)31-17(10-7-11-38-22(36)34-23(2,3)4)19(35)30-15-9-6-8-14(12-15)24(25,26)27/h6,8-9,12,17H,5,7,10-11H2,1-4H3,(H,30,35)(H,34,36)(H3,29,31,32,33)/t17-/m0/s1. The van der Waals surface area contributed by atoms with Crippen LogP contribution in [0.2, 0.25) is 0 Å². The molecular formula is C24H30F3N7O4. The zero-order chi connectivity index (χ0) is 28.5. The number of hydrogen-bond donors (Lipinski definition) is 4. The lowest BCUT2D eigenvalue weighted by Gasteiger charge is -2.22. The van der Waals surface area contributed by atoms with Crippen molar-refractivity contribution in [2.75, 3.05) is 29.6 Å². The molecule has 0 saturated carbocycles. The summed E-state index contributed by atoms with van der Waals surface area (Å²) in [5.74, 6) is -1.14. The number of alkyl halides is 3. The van der Waals surface area contributed by atoms with Crippen LogP contribution in [0.1, 0.15) is 51.7 Å². The second-order valence-corrected chi connectivity index (χ2v) is 9.07. The molecule has 0 bridgehead atoms. The van der Waals surface area contributed by atoms with E-state index in [9.17, 15) is 28.0 Å². The van der Waals surface area contributed by atoms with Crippen molar-refractivity contribution in [3.8, 4) is 11.9 Å². The lowest BCUT2D eigenvalue weighted by atomic mass is 10.1. The summed E-state index contributed by atoms with van der Waals surface area (Å²) < 4.78 is 49.8. The molecular weight excluding hydrogens is 507 g/mol. The van der Waals surface area contributed by atoms with E-state index in [0.717, 1.165) is 18.2 Å². The number of ether oxygens (including phenoxy) is 2. The Kier molecular flexibility index (Phi) is 10.1. The molecule has 2 rings (SSSR count). The number of benzene rings is 1. The van der Waals surface area contributed by atoms with Gasteiger partial charge in [0.25, 0.3) is 0 Å². The van der Waals surface area contributed by atoms with E-state index in [4.69, 9.17) is 15.2 Å². The van der Waals surface area contributed by atoms with Gasteiger partial charge in [0, 0.05) is 11.2 Å². The third kappa shape index (κ3) is 9.30. The number of nitriles is 1. The molecule has 1 heterocycles. The Balaban J connectivity index is 2.26. The average Bonchev–Trinajstić information content (AvgIpc) is 2.79. The first-order chi connectivity index (χ1) is 17.7. The van der Waals surface area contributed by atoms with Crippen LogP contribution in [0.15, 0.2) is 24.3 Å². The molecule has 11 nitrogen and oxygen atoms in total. The molecule has 1 atom stereocenters. The fourth-order valence-corrected chi connectivity index (χ4v) is 3.13. The van der Waals surface area contributed by atoms with Gasteiger partial charge >= 0.3 is 12.3 Å². The number of amides is 2. The van der Waals surface area contributed by atoms with Crippen molar-refractivity contribution in [2.45, 2.75) is 58.3 Å². The number of rotatable bonds is 10. The number of alkyl carbamates (subject to hydrolysis) is 1. The summed E-state index contributed by atoms with van der Waals surface area (Å²) >= 11 is 0. The van der Waals surface area contributed by atoms with Gasteiger partial charge in [-0.2, -0.15) is 28.4 Å². The third-order valence-corrected chi connectivity index (χ3v) is 4.72. The molecule has 0 unspecified atom stereocenters. The van der Waals surface area contributed by atoms with Crippen LogP contribution in [0, 0.1) is 11.3 Å². The lowest BCUT2D eigenvalue weighted by molar-refractivity contribution is -0.137. The maximum atomic E-state index is 13.1. The molecule has 0 aliphatic rings. The average molecular weight is 538 g/mol. The Labute approximate surface area is 217 Å². The number of anilines is 3. The number of carbonyl (C=O) groups is 2. The van der Waals surface area contributed by atoms with Crippen molar-refractivity contribution in [1.29, 1.82) is 5.26 Å². The fourth-order valence-electron chi connectivity index (χ4n) is 3.13. The summed E-state index contributed by atoms with van der Waals surface area (Å²) in [5, 5.41) is 17.5. The Morgan fingerprint density at radius 2 is 1.92 bits per heavy atom. The molecule has 206 valence electrons. The summed E-state index contributed by atoms with van der Waals surface area (Å²) in [6, 6.07) is 4.92. The van der Waals surface area contributed by atoms with Crippen LogP contribution in [-0.2, 0) is 15.7 Å². The van der Waals surface area contributed by atoms with Gasteiger partial charge in [-0.25, -0.2) is 4.79 Å². The molecule has 0 spiro atoms. The minimum absolute atomic E-state index is 0.0480. The van der Waals surface area contributed by atoms with Crippen LogP contribution in [-0.4, -0.2) is 46.8 Å². The molecule has 0 aliphatic carbocycles. The third-order valence-electron chi connectivity index (χ3n) is 4.72. The minimum Gasteiger partial charge on any atom is -0.477 e. The largest absolute Gasteiger partial charge is 0.477 e. The van der Waals surface area contributed by atoms with Crippen LogP contribution in [0.3, 0.4) is 0 Å². The van der Waals surface area contributed by atoms with E-state index in [-0.39, 0.29) is 55.0 Å². The van der Waals surface area contributed by atoms with Gasteiger partial charge in [-0.05, 0) is 58.7 Å². The summed E-state index contributed by atoms with van der Waals surface area (Å²) in [5.41, 5.74) is 4.08. The second kappa shape index (κ2) is 12.8. The number of nitrogens with one attached hydrogen (secondary N) is 3. The van der Waals surface area contributed by atoms with E-state index in [1.165, 1.54) is 6.07 Å². The van der Waals surface area contributed by atoms with E-state index in [0.29, 0.717) is 0 Å². The van der Waals surface area contributed by atoms with E-state index in [1.54, 1.807) is 27.7 Å². The molecule has 2 aromatic rings. The number of nitrogen functional groups attached to an aromatic ring is 1. The first kappa shape index (κ1) is 29.9. The molecule has 38 heavy (non-hydrogen) atoms. The molecule has 0 aliphatic heterocycles. The maximum Gasteiger partial charge on any atom is 0.416 e. The highest BCUT2D eigenvalue weighted by Gasteiger charge is 2.31. The van der Waals surface area contributed by atoms with Gasteiger partial charge in [-0.3, -0.25) is 4.79 Å². The number of aromatic nitrogens is 2. The van der Waals surface area contributed by atoms with E-state index in [1.807, 2.05) is 6.07 Å². The Morgan fingerprint density at radius 1 is 1.21 bits per heavy atom. The second-order valence-electron chi connectivity index (χ2n) is 9.07. The molecule has 1 aromatic heterocycles. The SMILES string of the molecule is CCOc1nc(N)nc(N[C@@H](CCCOC(=O)NC(C)(C)C)C(=O)Nc2cccc(C(F)(F)F)c2)c1C#N. The first-order valence-electron chi connectivity index (χ1n) is 11.6. The zero-order valence-electron chi connectivity index (χ0n) is 21.4. The minimum atomic E-state index is -4.60. The lowest BCUT2D eigenvalue weighted by Crippen LogP contribution is -2.41. The zero-order valence-corrected chi connectivity index (χ0v) is 21.4. The molecule has 1 aromatic carbocycles. The van der Waals surface area contributed by atoms with E-state index >= 15 is 0 Å². The predicted molar refractivity (Wildman–Crippen MR) is 133 cm³/mol. The van der Waals surface area contributed by atoms with Crippen LogP contribution in [0.25, 0.3) is 0 Å². The summed E-state index contributed by atoms with van der Waals surface area (Å²) in [7, 11) is 0. The van der Waals surface area contributed by atoms with Gasteiger partial charge in [0.2, 0.25) is 17.7 Å². The number of nitrogens with zero attached hydrogens (tertiary/aromatic N) is 3. The van der Waals surface area contributed by atoms with Crippen molar-refractivity contribution >= 4 is 29.5 Å². The van der Waals surface area contributed by atoms with Gasteiger partial charge in [0.05, 0.1) is 18.8 Å². The number of hydrogen-bond acceptors (Lipinski definition) is 9.